The molecule has 1 amide bonds. The van der Waals surface area contributed by atoms with Crippen LogP contribution in [0.3, 0.4) is 0 Å². The van der Waals surface area contributed by atoms with E-state index >= 15 is 0 Å². The monoisotopic (exact) mass is 548 g/mol. The average Bonchev–Trinajstić information content (AvgIpc) is 3.25. The largest absolute Gasteiger partial charge is 0.507 e. The number of Topliss-reactive ketones (excluding diaryl/α,β-unsaturated/α-hetero) is 1. The third kappa shape index (κ3) is 6.47. The van der Waals surface area contributed by atoms with Gasteiger partial charge in [0.15, 0.2) is 0 Å². The zero-order valence-corrected chi connectivity index (χ0v) is 22.9. The van der Waals surface area contributed by atoms with Crippen molar-refractivity contribution in [2.24, 2.45) is 0 Å². The minimum atomic E-state index is -0.834. The molecule has 1 N–H and O–H groups in total. The van der Waals surface area contributed by atoms with Gasteiger partial charge in [-0.3, -0.25) is 14.6 Å². The lowest BCUT2D eigenvalue weighted by Crippen LogP contribution is -2.29. The molecular formula is C34H32N2O5. The molecule has 1 aromatic heterocycles. The van der Waals surface area contributed by atoms with Crippen LogP contribution in [0.1, 0.15) is 48.9 Å². The highest BCUT2D eigenvalue weighted by Gasteiger charge is 2.46. The number of unbranched alkanes of at least 4 members (excludes halogenated alkanes) is 2. The minimum absolute atomic E-state index is 0.0207. The lowest BCUT2D eigenvalue weighted by atomic mass is 9.95. The fourth-order valence-corrected chi connectivity index (χ4v) is 4.86. The summed E-state index contributed by atoms with van der Waals surface area (Å²) in [4.78, 5) is 32.5. The van der Waals surface area contributed by atoms with E-state index in [4.69, 9.17) is 9.47 Å². The zero-order valence-electron chi connectivity index (χ0n) is 22.9. The summed E-state index contributed by atoms with van der Waals surface area (Å²) in [5, 5.41) is 11.5. The van der Waals surface area contributed by atoms with E-state index in [-0.39, 0.29) is 17.9 Å². The minimum Gasteiger partial charge on any atom is -0.507 e. The van der Waals surface area contributed by atoms with Gasteiger partial charge in [-0.15, -0.1) is 0 Å². The van der Waals surface area contributed by atoms with Crippen molar-refractivity contribution in [3.63, 3.8) is 0 Å². The van der Waals surface area contributed by atoms with Crippen LogP contribution in [0.4, 0.5) is 0 Å². The van der Waals surface area contributed by atoms with Crippen LogP contribution in [0.5, 0.6) is 17.2 Å². The highest BCUT2D eigenvalue weighted by atomic mass is 16.5. The maximum Gasteiger partial charge on any atom is 0.295 e. The average molecular weight is 549 g/mol. The third-order valence-electron chi connectivity index (χ3n) is 6.91. The highest BCUT2D eigenvalue weighted by molar-refractivity contribution is 6.46. The summed E-state index contributed by atoms with van der Waals surface area (Å²) < 4.78 is 11.8. The van der Waals surface area contributed by atoms with Crippen LogP contribution < -0.4 is 9.47 Å². The predicted molar refractivity (Wildman–Crippen MR) is 157 cm³/mol. The molecule has 41 heavy (non-hydrogen) atoms. The normalized spacial score (nSPS) is 16.1. The Morgan fingerprint density at radius 1 is 0.878 bits per heavy atom. The summed E-state index contributed by atoms with van der Waals surface area (Å²) in [6.07, 6.45) is 6.47. The van der Waals surface area contributed by atoms with E-state index in [9.17, 15) is 14.7 Å². The highest BCUT2D eigenvalue weighted by Crippen LogP contribution is 2.41. The molecule has 0 bridgehead atoms. The van der Waals surface area contributed by atoms with Gasteiger partial charge in [0.1, 0.15) is 23.0 Å². The van der Waals surface area contributed by atoms with Crippen LogP contribution in [0.15, 0.2) is 109 Å². The van der Waals surface area contributed by atoms with E-state index in [0.717, 1.165) is 24.8 Å². The standard InChI is InChI=1S/C34H32N2O5/c1-2-3-7-20-40-27-17-15-25(16-18-27)32(37)30-31(36(34(39)33(30)38)23-24-10-9-19-35-22-24)26-11-8-14-29(21-26)41-28-12-5-4-6-13-28/h4-6,8-19,21-22,31,37H,2-3,7,20,23H2,1H3/b32-30-. The molecule has 7 nitrogen and oxygen atoms in total. The second kappa shape index (κ2) is 13.0. The lowest BCUT2D eigenvalue weighted by molar-refractivity contribution is -0.140. The van der Waals surface area contributed by atoms with Crippen molar-refractivity contribution in [1.29, 1.82) is 0 Å². The number of hydrogen-bond acceptors (Lipinski definition) is 6. The number of rotatable bonds is 11. The van der Waals surface area contributed by atoms with E-state index in [0.29, 0.717) is 35.0 Å². The van der Waals surface area contributed by atoms with Gasteiger partial charge in [-0.1, -0.05) is 56.2 Å². The summed E-state index contributed by atoms with van der Waals surface area (Å²) >= 11 is 0. The number of nitrogens with zero attached hydrogens (tertiary/aromatic N) is 2. The van der Waals surface area contributed by atoms with Crippen LogP contribution >= 0.6 is 0 Å². The summed E-state index contributed by atoms with van der Waals surface area (Å²) in [7, 11) is 0. The van der Waals surface area contributed by atoms with Gasteiger partial charge in [-0.2, -0.15) is 0 Å². The summed E-state index contributed by atoms with van der Waals surface area (Å²) in [6.45, 7) is 2.89. The number of hydrogen-bond donors (Lipinski definition) is 1. The second-order valence-electron chi connectivity index (χ2n) is 9.86. The Balaban J connectivity index is 1.51. The third-order valence-corrected chi connectivity index (χ3v) is 6.91. The van der Waals surface area contributed by atoms with Crippen molar-refractivity contribution >= 4 is 17.4 Å². The first-order valence-electron chi connectivity index (χ1n) is 13.8. The Labute approximate surface area is 239 Å². The molecular weight excluding hydrogens is 516 g/mol. The number of amides is 1. The quantitative estimate of drug-likeness (QED) is 0.0934. The van der Waals surface area contributed by atoms with E-state index in [1.54, 1.807) is 48.8 Å². The number of aliphatic hydroxyl groups excluding tert-OH is 1. The molecule has 0 spiro atoms. The molecule has 1 aliphatic heterocycles. The van der Waals surface area contributed by atoms with Crippen molar-refractivity contribution in [3.05, 3.63) is 126 Å². The maximum atomic E-state index is 13.5. The Morgan fingerprint density at radius 2 is 1.66 bits per heavy atom. The maximum absolute atomic E-state index is 13.5. The van der Waals surface area contributed by atoms with Gasteiger partial charge >= 0.3 is 0 Å². The summed E-state index contributed by atoms with van der Waals surface area (Å²) in [5.74, 6) is 0.207. The zero-order chi connectivity index (χ0) is 28.6. The number of ketones is 1. The van der Waals surface area contributed by atoms with E-state index in [1.165, 1.54) is 4.90 Å². The SMILES string of the molecule is CCCCCOc1ccc(/C(O)=C2/C(=O)C(=O)N(Cc3cccnc3)C2c2cccc(Oc3ccccc3)c2)cc1. The number of likely N-dealkylation sites (tertiary alicyclic amines) is 1. The molecule has 208 valence electrons. The molecule has 2 heterocycles. The number of carbonyl (C=O) groups excluding carboxylic acids is 2. The first-order valence-corrected chi connectivity index (χ1v) is 13.8. The molecule has 4 aromatic rings. The first kappa shape index (κ1) is 27.6. The van der Waals surface area contributed by atoms with Crippen molar-refractivity contribution < 1.29 is 24.2 Å². The molecule has 7 heteroatoms. The Bertz CT molecular complexity index is 1520. The number of para-hydroxylation sites is 1. The number of ether oxygens (including phenoxy) is 2. The van der Waals surface area contributed by atoms with E-state index in [2.05, 4.69) is 11.9 Å². The van der Waals surface area contributed by atoms with Crippen molar-refractivity contribution in [3.8, 4) is 17.2 Å². The van der Waals surface area contributed by atoms with Gasteiger partial charge in [0.2, 0.25) is 0 Å². The van der Waals surface area contributed by atoms with Crippen molar-refractivity contribution in [1.82, 2.24) is 9.88 Å². The van der Waals surface area contributed by atoms with Gasteiger partial charge in [0.25, 0.3) is 11.7 Å². The Morgan fingerprint density at radius 3 is 2.39 bits per heavy atom. The van der Waals surface area contributed by atoms with Gasteiger partial charge in [-0.25, -0.2) is 0 Å². The second-order valence-corrected chi connectivity index (χ2v) is 9.86. The van der Waals surface area contributed by atoms with Crippen LogP contribution in [0.25, 0.3) is 5.76 Å². The fourth-order valence-electron chi connectivity index (χ4n) is 4.86. The topological polar surface area (TPSA) is 89.0 Å². The molecule has 1 fully saturated rings. The van der Waals surface area contributed by atoms with Crippen molar-refractivity contribution in [2.75, 3.05) is 6.61 Å². The van der Waals surface area contributed by atoms with Crippen LogP contribution in [-0.2, 0) is 16.1 Å². The Kier molecular flexibility index (Phi) is 8.74. The molecule has 3 aromatic carbocycles. The number of aromatic nitrogens is 1. The molecule has 0 aliphatic carbocycles. The molecule has 1 saturated heterocycles. The number of aliphatic hydroxyl groups is 1. The van der Waals surface area contributed by atoms with Gasteiger partial charge < -0.3 is 19.5 Å². The van der Waals surface area contributed by atoms with Gasteiger partial charge in [-0.05, 0) is 72.1 Å². The summed E-state index contributed by atoms with van der Waals surface area (Å²) in [6, 6.07) is 26.3. The van der Waals surface area contributed by atoms with E-state index < -0.39 is 17.7 Å². The molecule has 1 unspecified atom stereocenters. The molecule has 0 radical (unpaired) electrons. The van der Waals surface area contributed by atoms with Gasteiger partial charge in [0.05, 0.1) is 18.2 Å². The smallest absolute Gasteiger partial charge is 0.295 e. The van der Waals surface area contributed by atoms with Crippen LogP contribution in [-0.4, -0.2) is 33.3 Å². The molecule has 5 rings (SSSR count). The number of carbonyl (C=O) groups is 2. The molecule has 1 aliphatic rings. The van der Waals surface area contributed by atoms with Crippen LogP contribution in [0, 0.1) is 0 Å². The number of benzene rings is 3. The van der Waals surface area contributed by atoms with E-state index in [1.807, 2.05) is 54.6 Å². The number of pyridine rings is 1. The molecule has 0 saturated carbocycles. The lowest BCUT2D eigenvalue weighted by Gasteiger charge is -2.25. The first-order chi connectivity index (χ1) is 20.0. The fraction of sp³-hybridized carbons (Fsp3) is 0.206. The predicted octanol–water partition coefficient (Wildman–Crippen LogP) is 7.06. The van der Waals surface area contributed by atoms with Crippen molar-refractivity contribution in [2.45, 2.75) is 38.8 Å². The van der Waals surface area contributed by atoms with Crippen LogP contribution in [0.2, 0.25) is 0 Å². The molecule has 1 atom stereocenters. The Hall–Kier alpha value is -4.91. The summed E-state index contributed by atoms with van der Waals surface area (Å²) in [5.41, 5.74) is 1.85. The van der Waals surface area contributed by atoms with Gasteiger partial charge in [0, 0.05) is 24.5 Å².